The fraction of sp³-hybridized carbons (Fsp3) is 0.462. The monoisotopic (exact) mass is 420 g/mol. The highest BCUT2D eigenvalue weighted by Gasteiger charge is 2.25. The number of likely N-dealkylation sites (tertiary alicyclic amines) is 2. The molecule has 0 saturated carbocycles. The van der Waals surface area contributed by atoms with Gasteiger partial charge in [-0.2, -0.15) is 0 Å². The maximum atomic E-state index is 12.7. The topological polar surface area (TPSA) is 49.9 Å². The third kappa shape index (κ3) is 5.46. The molecule has 0 N–H and O–H groups in total. The summed E-state index contributed by atoms with van der Waals surface area (Å²) in [5.41, 5.74) is 1.46. The van der Waals surface area contributed by atoms with Crippen LogP contribution in [0.3, 0.4) is 0 Å². The number of hydrogen-bond donors (Lipinski definition) is 0. The predicted molar refractivity (Wildman–Crippen MR) is 121 cm³/mol. The van der Waals surface area contributed by atoms with Gasteiger partial charge in [-0.15, -0.1) is 0 Å². The number of ether oxygens (including phenoxy) is 1. The Balaban J connectivity index is 1.28. The van der Waals surface area contributed by atoms with Crippen molar-refractivity contribution in [1.29, 1.82) is 0 Å². The van der Waals surface area contributed by atoms with E-state index in [-0.39, 0.29) is 11.8 Å². The van der Waals surface area contributed by atoms with Gasteiger partial charge < -0.3 is 14.5 Å². The van der Waals surface area contributed by atoms with E-state index in [2.05, 4.69) is 6.92 Å². The van der Waals surface area contributed by atoms with Crippen LogP contribution in [0.4, 0.5) is 0 Å². The lowest BCUT2D eigenvalue weighted by Crippen LogP contribution is -2.41. The number of amides is 2. The van der Waals surface area contributed by atoms with Gasteiger partial charge in [0.2, 0.25) is 0 Å². The van der Waals surface area contributed by atoms with Crippen molar-refractivity contribution in [3.05, 3.63) is 65.7 Å². The first-order valence-electron chi connectivity index (χ1n) is 11.5. The Bertz CT molecular complexity index is 873. The molecule has 2 aromatic carbocycles. The number of piperidine rings is 2. The van der Waals surface area contributed by atoms with E-state index in [4.69, 9.17) is 4.74 Å². The van der Waals surface area contributed by atoms with Crippen LogP contribution in [0, 0.1) is 11.8 Å². The number of carbonyl (C=O) groups is 2. The van der Waals surface area contributed by atoms with Crippen LogP contribution in [-0.4, -0.2) is 54.4 Å². The van der Waals surface area contributed by atoms with Crippen LogP contribution in [0.5, 0.6) is 5.75 Å². The average molecular weight is 421 g/mol. The number of rotatable bonds is 5. The van der Waals surface area contributed by atoms with Crippen molar-refractivity contribution in [1.82, 2.24) is 9.80 Å². The van der Waals surface area contributed by atoms with Crippen LogP contribution in [0.25, 0.3) is 0 Å². The standard InChI is InChI=1S/C26H32N2O3/c1-20-13-16-27(17-14-20)25(29)23-9-11-24(12-10-23)31-19-21-6-5-15-28(18-21)26(30)22-7-3-2-4-8-22/h2-4,7-12,20-21H,5-6,13-19H2,1H3/t21-/m0/s1. The molecule has 2 fully saturated rings. The summed E-state index contributed by atoms with van der Waals surface area (Å²) in [6.45, 7) is 6.04. The second kappa shape index (κ2) is 9.99. The quantitative estimate of drug-likeness (QED) is 0.716. The summed E-state index contributed by atoms with van der Waals surface area (Å²) in [6.07, 6.45) is 4.22. The van der Waals surface area contributed by atoms with Crippen LogP contribution in [-0.2, 0) is 0 Å². The van der Waals surface area contributed by atoms with Crippen LogP contribution >= 0.6 is 0 Å². The molecule has 2 aromatic rings. The van der Waals surface area contributed by atoms with Gasteiger partial charge in [-0.3, -0.25) is 9.59 Å². The van der Waals surface area contributed by atoms with E-state index in [0.717, 1.165) is 68.7 Å². The number of benzene rings is 2. The lowest BCUT2D eigenvalue weighted by atomic mass is 9.98. The van der Waals surface area contributed by atoms with Gasteiger partial charge in [-0.1, -0.05) is 25.1 Å². The molecule has 5 nitrogen and oxygen atoms in total. The molecule has 0 unspecified atom stereocenters. The van der Waals surface area contributed by atoms with Gasteiger partial charge in [-0.25, -0.2) is 0 Å². The first-order chi connectivity index (χ1) is 15.1. The van der Waals surface area contributed by atoms with Gasteiger partial charge in [0.05, 0.1) is 6.61 Å². The summed E-state index contributed by atoms with van der Waals surface area (Å²) < 4.78 is 6.01. The molecule has 2 aliphatic heterocycles. The SMILES string of the molecule is CC1CCN(C(=O)c2ccc(OC[C@H]3CCCN(C(=O)c4ccccc4)C3)cc2)CC1. The highest BCUT2D eigenvalue weighted by atomic mass is 16.5. The Morgan fingerprint density at radius 3 is 2.19 bits per heavy atom. The third-order valence-corrected chi connectivity index (χ3v) is 6.48. The summed E-state index contributed by atoms with van der Waals surface area (Å²) in [5.74, 6) is 2.01. The Morgan fingerprint density at radius 1 is 0.839 bits per heavy atom. The summed E-state index contributed by atoms with van der Waals surface area (Å²) in [4.78, 5) is 29.3. The Hall–Kier alpha value is -2.82. The first-order valence-corrected chi connectivity index (χ1v) is 11.5. The molecule has 0 radical (unpaired) electrons. The zero-order valence-electron chi connectivity index (χ0n) is 18.3. The smallest absolute Gasteiger partial charge is 0.253 e. The molecule has 5 heteroatoms. The fourth-order valence-electron chi connectivity index (χ4n) is 4.45. The predicted octanol–water partition coefficient (Wildman–Crippen LogP) is 4.49. The van der Waals surface area contributed by atoms with Gasteiger partial charge in [0.15, 0.2) is 0 Å². The number of nitrogens with zero attached hydrogens (tertiary/aromatic N) is 2. The van der Waals surface area contributed by atoms with Crippen molar-refractivity contribution in [2.24, 2.45) is 11.8 Å². The summed E-state index contributed by atoms with van der Waals surface area (Å²) in [5, 5.41) is 0. The molecule has 0 bridgehead atoms. The minimum atomic E-state index is 0.0975. The van der Waals surface area contributed by atoms with E-state index < -0.39 is 0 Å². The molecule has 2 saturated heterocycles. The normalized spacial score (nSPS) is 19.8. The Morgan fingerprint density at radius 2 is 1.48 bits per heavy atom. The van der Waals surface area contributed by atoms with Gasteiger partial charge >= 0.3 is 0 Å². The molecular weight excluding hydrogens is 388 g/mol. The van der Waals surface area contributed by atoms with Crippen LogP contribution in [0.2, 0.25) is 0 Å². The van der Waals surface area contributed by atoms with Gasteiger partial charge in [0, 0.05) is 43.2 Å². The van der Waals surface area contributed by atoms with E-state index in [1.54, 1.807) is 0 Å². The second-order valence-electron chi connectivity index (χ2n) is 8.94. The van der Waals surface area contributed by atoms with Gasteiger partial charge in [0.1, 0.15) is 5.75 Å². The molecule has 4 rings (SSSR count). The van der Waals surface area contributed by atoms with Crippen molar-refractivity contribution in [3.8, 4) is 5.75 Å². The zero-order chi connectivity index (χ0) is 21.6. The molecule has 2 amide bonds. The van der Waals surface area contributed by atoms with E-state index in [1.165, 1.54) is 0 Å². The largest absolute Gasteiger partial charge is 0.493 e. The Kier molecular flexibility index (Phi) is 6.90. The molecule has 2 heterocycles. The fourth-order valence-corrected chi connectivity index (χ4v) is 4.45. The number of hydrogen-bond acceptors (Lipinski definition) is 3. The third-order valence-electron chi connectivity index (χ3n) is 6.48. The minimum absolute atomic E-state index is 0.0975. The highest BCUT2D eigenvalue weighted by molar-refractivity contribution is 5.94. The Labute approximate surface area is 185 Å². The molecular formula is C26H32N2O3. The first kappa shape index (κ1) is 21.4. The van der Waals surface area contributed by atoms with E-state index >= 15 is 0 Å². The van der Waals surface area contributed by atoms with Crippen molar-refractivity contribution in [2.75, 3.05) is 32.8 Å². The lowest BCUT2D eigenvalue weighted by molar-refractivity contribution is 0.0633. The van der Waals surface area contributed by atoms with E-state index in [1.807, 2.05) is 64.4 Å². The van der Waals surface area contributed by atoms with Crippen LogP contribution < -0.4 is 4.74 Å². The summed E-state index contributed by atoms with van der Waals surface area (Å²) >= 11 is 0. The van der Waals surface area contributed by atoms with Crippen LogP contribution in [0.1, 0.15) is 53.3 Å². The minimum Gasteiger partial charge on any atom is -0.493 e. The van der Waals surface area contributed by atoms with Crippen molar-refractivity contribution < 1.29 is 14.3 Å². The van der Waals surface area contributed by atoms with Gasteiger partial charge in [0.25, 0.3) is 11.8 Å². The maximum Gasteiger partial charge on any atom is 0.253 e. The highest BCUT2D eigenvalue weighted by Crippen LogP contribution is 2.22. The van der Waals surface area contributed by atoms with Crippen molar-refractivity contribution in [2.45, 2.75) is 32.6 Å². The van der Waals surface area contributed by atoms with Crippen LogP contribution in [0.15, 0.2) is 54.6 Å². The zero-order valence-corrected chi connectivity index (χ0v) is 18.3. The molecule has 31 heavy (non-hydrogen) atoms. The molecule has 164 valence electrons. The molecule has 2 aliphatic rings. The van der Waals surface area contributed by atoms with Crippen molar-refractivity contribution >= 4 is 11.8 Å². The van der Waals surface area contributed by atoms with Gasteiger partial charge in [-0.05, 0) is 68.0 Å². The van der Waals surface area contributed by atoms with E-state index in [0.29, 0.717) is 18.4 Å². The summed E-state index contributed by atoms with van der Waals surface area (Å²) in [6, 6.07) is 17.0. The number of carbonyl (C=O) groups excluding carboxylic acids is 2. The van der Waals surface area contributed by atoms with E-state index in [9.17, 15) is 9.59 Å². The lowest BCUT2D eigenvalue weighted by Gasteiger charge is -2.32. The summed E-state index contributed by atoms with van der Waals surface area (Å²) in [7, 11) is 0. The average Bonchev–Trinajstić information content (AvgIpc) is 2.83. The molecule has 0 spiro atoms. The second-order valence-corrected chi connectivity index (χ2v) is 8.94. The molecule has 0 aromatic heterocycles. The molecule has 0 aliphatic carbocycles. The van der Waals surface area contributed by atoms with Crippen molar-refractivity contribution in [3.63, 3.8) is 0 Å². The molecule has 1 atom stereocenters. The maximum absolute atomic E-state index is 12.7.